The Labute approximate surface area is 79.0 Å². The molecular formula is C9H8BrN2+. The van der Waals surface area contributed by atoms with Crippen molar-refractivity contribution in [3.63, 3.8) is 0 Å². The van der Waals surface area contributed by atoms with E-state index in [1.807, 2.05) is 35.4 Å². The number of nitrogens with one attached hydrogen (secondary N) is 1. The molecule has 0 bridgehead atoms. The highest BCUT2D eigenvalue weighted by Gasteiger charge is 1.99. The third-order valence-corrected chi connectivity index (χ3v) is 2.20. The molecule has 0 amide bonds. The van der Waals surface area contributed by atoms with E-state index in [1.165, 1.54) is 0 Å². The highest BCUT2D eigenvalue weighted by atomic mass is 79.9. The lowest BCUT2D eigenvalue weighted by Crippen LogP contribution is -2.26. The Hall–Kier alpha value is -1.09. The first kappa shape index (κ1) is 7.55. The molecule has 0 fully saturated rings. The van der Waals surface area contributed by atoms with Crippen molar-refractivity contribution in [3.8, 4) is 5.69 Å². The molecule has 0 aliphatic heterocycles. The van der Waals surface area contributed by atoms with E-state index in [0.717, 1.165) is 10.2 Å². The van der Waals surface area contributed by atoms with Crippen molar-refractivity contribution >= 4 is 15.9 Å². The molecule has 0 saturated carbocycles. The zero-order valence-electron chi connectivity index (χ0n) is 6.37. The fourth-order valence-corrected chi connectivity index (χ4v) is 1.33. The molecule has 2 aromatic rings. The highest BCUT2D eigenvalue weighted by molar-refractivity contribution is 9.10. The Kier molecular flexibility index (Phi) is 1.96. The van der Waals surface area contributed by atoms with Gasteiger partial charge < -0.3 is 0 Å². The lowest BCUT2D eigenvalue weighted by Gasteiger charge is -1.93. The van der Waals surface area contributed by atoms with Crippen molar-refractivity contribution in [3.05, 3.63) is 47.5 Å². The van der Waals surface area contributed by atoms with E-state index >= 15 is 0 Å². The minimum absolute atomic E-state index is 1.10. The van der Waals surface area contributed by atoms with Gasteiger partial charge in [0.25, 0.3) is 0 Å². The SMILES string of the molecule is Brc1ccc(-[n+]2cc[nH]c2)cc1. The van der Waals surface area contributed by atoms with E-state index in [2.05, 4.69) is 33.0 Å². The fraction of sp³-hybridized carbons (Fsp3) is 0. The molecule has 0 aliphatic rings. The van der Waals surface area contributed by atoms with Crippen LogP contribution in [0.5, 0.6) is 0 Å². The average Bonchev–Trinajstić information content (AvgIpc) is 2.58. The van der Waals surface area contributed by atoms with Crippen molar-refractivity contribution < 1.29 is 4.57 Å². The number of H-pyrrole nitrogens is 1. The minimum atomic E-state index is 1.10. The second kappa shape index (κ2) is 3.11. The Morgan fingerprint density at radius 2 is 1.92 bits per heavy atom. The van der Waals surface area contributed by atoms with Crippen LogP contribution in [0.2, 0.25) is 0 Å². The third-order valence-electron chi connectivity index (χ3n) is 1.67. The van der Waals surface area contributed by atoms with E-state index in [0.29, 0.717) is 0 Å². The highest BCUT2D eigenvalue weighted by Crippen LogP contribution is 2.09. The van der Waals surface area contributed by atoms with Gasteiger partial charge >= 0.3 is 0 Å². The van der Waals surface area contributed by atoms with Gasteiger partial charge in [-0.05, 0) is 24.3 Å². The Bertz CT molecular complexity index is 351. The predicted molar refractivity (Wildman–Crippen MR) is 50.0 cm³/mol. The van der Waals surface area contributed by atoms with Crippen LogP contribution in [0.4, 0.5) is 0 Å². The quantitative estimate of drug-likeness (QED) is 0.715. The van der Waals surface area contributed by atoms with Gasteiger partial charge in [0.15, 0.2) is 0 Å². The zero-order valence-corrected chi connectivity index (χ0v) is 7.95. The Balaban J connectivity index is 2.43. The first-order chi connectivity index (χ1) is 5.86. The van der Waals surface area contributed by atoms with Gasteiger partial charge in [-0.25, -0.2) is 9.55 Å². The molecule has 60 valence electrons. The number of rotatable bonds is 1. The van der Waals surface area contributed by atoms with Crippen molar-refractivity contribution in [1.82, 2.24) is 4.98 Å². The summed E-state index contributed by atoms with van der Waals surface area (Å²) >= 11 is 3.39. The number of nitrogens with zero attached hydrogens (tertiary/aromatic N) is 1. The van der Waals surface area contributed by atoms with Crippen molar-refractivity contribution in [2.75, 3.05) is 0 Å². The number of hydrogen-bond donors (Lipinski definition) is 1. The molecule has 0 saturated heterocycles. The van der Waals surface area contributed by atoms with Crippen molar-refractivity contribution in [1.29, 1.82) is 0 Å². The van der Waals surface area contributed by atoms with Gasteiger partial charge in [-0.3, -0.25) is 0 Å². The Morgan fingerprint density at radius 1 is 1.17 bits per heavy atom. The lowest BCUT2D eigenvalue weighted by molar-refractivity contribution is -0.594. The maximum absolute atomic E-state index is 3.39. The van der Waals surface area contributed by atoms with Gasteiger partial charge in [-0.15, -0.1) is 0 Å². The van der Waals surface area contributed by atoms with Crippen molar-refractivity contribution in [2.24, 2.45) is 0 Å². The van der Waals surface area contributed by atoms with Gasteiger partial charge in [0.1, 0.15) is 18.1 Å². The van der Waals surface area contributed by atoms with E-state index in [-0.39, 0.29) is 0 Å². The molecule has 0 aliphatic carbocycles. The van der Waals surface area contributed by atoms with Crippen LogP contribution in [0, 0.1) is 0 Å². The summed E-state index contributed by atoms with van der Waals surface area (Å²) in [5, 5.41) is 0. The van der Waals surface area contributed by atoms with Crippen LogP contribution in [0.3, 0.4) is 0 Å². The second-order valence-electron chi connectivity index (χ2n) is 2.50. The lowest BCUT2D eigenvalue weighted by atomic mass is 10.3. The van der Waals surface area contributed by atoms with Gasteiger partial charge in [-0.2, -0.15) is 0 Å². The second-order valence-corrected chi connectivity index (χ2v) is 3.41. The molecule has 1 aromatic heterocycles. The van der Waals surface area contributed by atoms with E-state index in [4.69, 9.17) is 0 Å². The van der Waals surface area contributed by atoms with E-state index in [1.54, 1.807) is 0 Å². The number of benzene rings is 1. The summed E-state index contributed by atoms with van der Waals surface area (Å²) in [5.41, 5.74) is 1.15. The number of imidazole rings is 1. The monoisotopic (exact) mass is 223 g/mol. The number of halogens is 1. The molecule has 1 heterocycles. The van der Waals surface area contributed by atoms with Gasteiger partial charge in [0.05, 0.1) is 0 Å². The predicted octanol–water partition coefficient (Wildman–Crippen LogP) is 2.05. The molecule has 12 heavy (non-hydrogen) atoms. The van der Waals surface area contributed by atoms with Crippen LogP contribution in [0.15, 0.2) is 47.5 Å². The van der Waals surface area contributed by atoms with Gasteiger partial charge in [0.2, 0.25) is 6.33 Å². The van der Waals surface area contributed by atoms with Crippen LogP contribution in [0.1, 0.15) is 0 Å². The number of hydrogen-bond acceptors (Lipinski definition) is 0. The Morgan fingerprint density at radius 3 is 2.50 bits per heavy atom. The first-order valence-corrected chi connectivity index (χ1v) is 4.45. The average molecular weight is 224 g/mol. The van der Waals surface area contributed by atoms with Gasteiger partial charge in [0, 0.05) is 4.47 Å². The third kappa shape index (κ3) is 1.41. The smallest absolute Gasteiger partial charge is 0.246 e. The normalized spacial score (nSPS) is 10.1. The standard InChI is InChI=1S/C9H7BrN2/c10-8-1-3-9(4-2-8)12-6-5-11-7-12/h1-7H/p+1. The molecule has 2 rings (SSSR count). The molecular weight excluding hydrogens is 216 g/mol. The zero-order chi connectivity index (χ0) is 8.39. The van der Waals surface area contributed by atoms with E-state index < -0.39 is 0 Å². The number of aromatic amines is 1. The maximum atomic E-state index is 3.39. The molecule has 0 unspecified atom stereocenters. The molecule has 3 heteroatoms. The molecule has 1 N–H and O–H groups in total. The van der Waals surface area contributed by atoms with Crippen LogP contribution in [0.25, 0.3) is 5.69 Å². The first-order valence-electron chi connectivity index (χ1n) is 3.66. The van der Waals surface area contributed by atoms with Gasteiger partial charge in [-0.1, -0.05) is 15.9 Å². The summed E-state index contributed by atoms with van der Waals surface area (Å²) in [4.78, 5) is 2.99. The molecule has 2 nitrogen and oxygen atoms in total. The minimum Gasteiger partial charge on any atom is -0.250 e. The van der Waals surface area contributed by atoms with Crippen LogP contribution in [-0.4, -0.2) is 4.98 Å². The van der Waals surface area contributed by atoms with Crippen LogP contribution < -0.4 is 4.57 Å². The molecule has 0 spiro atoms. The van der Waals surface area contributed by atoms with E-state index in [9.17, 15) is 0 Å². The summed E-state index contributed by atoms with van der Waals surface area (Å²) in [7, 11) is 0. The van der Waals surface area contributed by atoms with Crippen molar-refractivity contribution in [2.45, 2.75) is 0 Å². The van der Waals surface area contributed by atoms with Crippen LogP contribution in [-0.2, 0) is 0 Å². The molecule has 0 atom stereocenters. The summed E-state index contributed by atoms with van der Waals surface area (Å²) in [6.45, 7) is 0. The summed E-state index contributed by atoms with van der Waals surface area (Å²) in [5.74, 6) is 0. The largest absolute Gasteiger partial charge is 0.250 e. The molecule has 1 aromatic carbocycles. The summed E-state index contributed by atoms with van der Waals surface area (Å²) < 4.78 is 3.12. The fourth-order valence-electron chi connectivity index (χ4n) is 1.06. The maximum Gasteiger partial charge on any atom is 0.246 e. The number of aromatic nitrogens is 2. The molecule has 0 radical (unpaired) electrons. The summed E-state index contributed by atoms with van der Waals surface area (Å²) in [6.07, 6.45) is 5.77. The topological polar surface area (TPSA) is 19.7 Å². The summed E-state index contributed by atoms with van der Waals surface area (Å²) in [6, 6.07) is 8.15. The van der Waals surface area contributed by atoms with Crippen LogP contribution >= 0.6 is 15.9 Å².